The third kappa shape index (κ3) is 2.44. The molecule has 0 aromatic rings. The summed E-state index contributed by atoms with van der Waals surface area (Å²) in [6, 6.07) is 0.488. The van der Waals surface area contributed by atoms with Crippen molar-refractivity contribution in [3.63, 3.8) is 0 Å². The topological polar surface area (TPSA) is 66.6 Å². The molecule has 0 spiro atoms. The van der Waals surface area contributed by atoms with E-state index in [1.54, 1.807) is 8.61 Å². The first-order valence-corrected chi connectivity index (χ1v) is 8.92. The van der Waals surface area contributed by atoms with E-state index in [-0.39, 0.29) is 18.1 Å². The molecule has 19 heavy (non-hydrogen) atoms. The van der Waals surface area contributed by atoms with Gasteiger partial charge in [-0.25, -0.2) is 0 Å². The molecule has 0 amide bonds. The zero-order valence-electron chi connectivity index (χ0n) is 11.7. The fraction of sp³-hybridized carbons (Fsp3) is 1.00. The number of nitrogens with two attached hydrogens (primary N) is 1. The molecule has 2 unspecified atom stereocenters. The summed E-state index contributed by atoms with van der Waals surface area (Å²) in [7, 11) is -3.26. The number of fused-ring (bicyclic) bond motifs is 2. The van der Waals surface area contributed by atoms with Gasteiger partial charge in [-0.2, -0.15) is 17.0 Å². The highest BCUT2D eigenvalue weighted by atomic mass is 32.2. The van der Waals surface area contributed by atoms with E-state index in [1.165, 1.54) is 0 Å². The van der Waals surface area contributed by atoms with Crippen molar-refractivity contribution in [2.75, 3.05) is 13.1 Å². The molecule has 3 aliphatic rings. The molecule has 3 heterocycles. The zero-order chi connectivity index (χ0) is 13.6. The van der Waals surface area contributed by atoms with Crippen molar-refractivity contribution in [3.05, 3.63) is 0 Å². The van der Waals surface area contributed by atoms with Crippen LogP contribution in [-0.4, -0.2) is 48.2 Å². The summed E-state index contributed by atoms with van der Waals surface area (Å²) < 4.78 is 29.2. The molecule has 2 N–H and O–H groups in total. The first kappa shape index (κ1) is 13.8. The van der Waals surface area contributed by atoms with Crippen LogP contribution < -0.4 is 5.73 Å². The Balaban J connectivity index is 1.78. The number of piperidine rings is 2. The van der Waals surface area contributed by atoms with Crippen LogP contribution in [0, 0.1) is 5.92 Å². The van der Waals surface area contributed by atoms with Crippen LogP contribution in [0.1, 0.15) is 45.4 Å². The number of nitrogens with zero attached hydrogens (tertiary/aromatic N) is 2. The first-order valence-electron chi connectivity index (χ1n) is 7.52. The van der Waals surface area contributed by atoms with Gasteiger partial charge >= 0.3 is 0 Å². The highest BCUT2D eigenvalue weighted by molar-refractivity contribution is 7.86. The minimum Gasteiger partial charge on any atom is -0.328 e. The van der Waals surface area contributed by atoms with Crippen LogP contribution in [0.25, 0.3) is 0 Å². The van der Waals surface area contributed by atoms with Crippen LogP contribution in [0.5, 0.6) is 0 Å². The molecule has 0 aromatic carbocycles. The SMILES string of the molecule is CC1CCN(S(=O)(=O)N2C3CCC2CC(N)C3)CC1. The molecule has 3 rings (SSSR count). The van der Waals surface area contributed by atoms with Crippen LogP contribution >= 0.6 is 0 Å². The molecule has 0 aromatic heterocycles. The molecule has 0 aliphatic carbocycles. The van der Waals surface area contributed by atoms with E-state index >= 15 is 0 Å². The Morgan fingerprint density at radius 3 is 2.05 bits per heavy atom. The second kappa shape index (κ2) is 4.98. The second-order valence-corrected chi connectivity index (χ2v) is 8.37. The van der Waals surface area contributed by atoms with Gasteiger partial charge in [-0.15, -0.1) is 0 Å². The smallest absolute Gasteiger partial charge is 0.282 e. The Morgan fingerprint density at radius 1 is 1.00 bits per heavy atom. The minimum atomic E-state index is -3.26. The normalized spacial score (nSPS) is 38.7. The largest absolute Gasteiger partial charge is 0.328 e. The van der Waals surface area contributed by atoms with Crippen molar-refractivity contribution >= 4 is 10.2 Å². The Bertz CT molecular complexity index is 417. The fourth-order valence-corrected chi connectivity index (χ4v) is 5.98. The number of rotatable bonds is 2. The van der Waals surface area contributed by atoms with Gasteiger partial charge in [0.15, 0.2) is 0 Å². The van der Waals surface area contributed by atoms with Crippen molar-refractivity contribution < 1.29 is 8.42 Å². The van der Waals surface area contributed by atoms with Gasteiger partial charge in [0.2, 0.25) is 0 Å². The van der Waals surface area contributed by atoms with Gasteiger partial charge in [0.05, 0.1) is 0 Å². The highest BCUT2D eigenvalue weighted by Crippen LogP contribution is 2.38. The molecule has 2 bridgehead atoms. The molecule has 6 heteroatoms. The van der Waals surface area contributed by atoms with E-state index in [1.807, 2.05) is 0 Å². The number of hydrogen-bond donors (Lipinski definition) is 1. The summed E-state index contributed by atoms with van der Waals surface area (Å²) in [5.41, 5.74) is 6.02. The molecule has 0 radical (unpaired) electrons. The van der Waals surface area contributed by atoms with Gasteiger partial charge in [0, 0.05) is 31.2 Å². The Kier molecular flexibility index (Phi) is 3.62. The van der Waals surface area contributed by atoms with Crippen LogP contribution in [0.4, 0.5) is 0 Å². The predicted octanol–water partition coefficient (Wildman–Crippen LogP) is 0.917. The van der Waals surface area contributed by atoms with Gasteiger partial charge in [-0.05, 0) is 44.4 Å². The summed E-state index contributed by atoms with van der Waals surface area (Å²) >= 11 is 0. The van der Waals surface area contributed by atoms with Gasteiger partial charge in [0.25, 0.3) is 10.2 Å². The molecule has 3 fully saturated rings. The lowest BCUT2D eigenvalue weighted by Crippen LogP contribution is -2.55. The number of hydrogen-bond acceptors (Lipinski definition) is 3. The van der Waals surface area contributed by atoms with Crippen LogP contribution in [0.15, 0.2) is 0 Å². The van der Waals surface area contributed by atoms with Gasteiger partial charge in [-0.1, -0.05) is 6.92 Å². The molecule has 0 saturated carbocycles. The highest BCUT2D eigenvalue weighted by Gasteiger charge is 2.48. The maximum atomic E-state index is 12.8. The third-order valence-corrected chi connectivity index (χ3v) is 7.18. The average molecular weight is 287 g/mol. The van der Waals surface area contributed by atoms with Crippen molar-refractivity contribution in [3.8, 4) is 0 Å². The molecule has 5 nitrogen and oxygen atoms in total. The quantitative estimate of drug-likeness (QED) is 0.821. The Morgan fingerprint density at radius 2 is 1.53 bits per heavy atom. The van der Waals surface area contributed by atoms with E-state index in [9.17, 15) is 8.42 Å². The summed E-state index contributed by atoms with van der Waals surface area (Å²) in [5, 5.41) is 0. The monoisotopic (exact) mass is 287 g/mol. The van der Waals surface area contributed by atoms with Crippen LogP contribution in [0.2, 0.25) is 0 Å². The van der Waals surface area contributed by atoms with Crippen molar-refractivity contribution in [1.82, 2.24) is 8.61 Å². The molecule has 110 valence electrons. The molecule has 3 aliphatic heterocycles. The average Bonchev–Trinajstić information content (AvgIpc) is 2.64. The summed E-state index contributed by atoms with van der Waals surface area (Å²) in [5.74, 6) is 0.651. The Labute approximate surface area is 116 Å². The molecular weight excluding hydrogens is 262 g/mol. The van der Waals surface area contributed by atoms with Gasteiger partial charge < -0.3 is 5.73 Å². The fourth-order valence-electron chi connectivity index (χ4n) is 3.90. The van der Waals surface area contributed by atoms with Crippen molar-refractivity contribution in [1.29, 1.82) is 0 Å². The summed E-state index contributed by atoms with van der Waals surface area (Å²) in [6.07, 6.45) is 5.62. The van der Waals surface area contributed by atoms with Crippen LogP contribution in [-0.2, 0) is 10.2 Å². The molecule has 3 saturated heterocycles. The lowest BCUT2D eigenvalue weighted by atomic mass is 10.0. The zero-order valence-corrected chi connectivity index (χ0v) is 12.5. The maximum Gasteiger partial charge on any atom is 0.282 e. The van der Waals surface area contributed by atoms with E-state index < -0.39 is 10.2 Å². The Hall–Kier alpha value is -0.170. The third-order valence-electron chi connectivity index (χ3n) is 5.04. The lowest BCUT2D eigenvalue weighted by molar-refractivity contribution is 0.197. The van der Waals surface area contributed by atoms with Crippen molar-refractivity contribution in [2.45, 2.75) is 63.6 Å². The summed E-state index contributed by atoms with van der Waals surface area (Å²) in [4.78, 5) is 0. The minimum absolute atomic E-state index is 0.151. The second-order valence-electron chi connectivity index (χ2n) is 6.54. The standard InChI is InChI=1S/C13H25N3O2S/c1-10-4-6-15(7-5-10)19(17,18)16-12-2-3-13(16)9-11(14)8-12/h10-13H,2-9,14H2,1H3. The van der Waals surface area contributed by atoms with Gasteiger partial charge in [0.1, 0.15) is 0 Å². The van der Waals surface area contributed by atoms with Gasteiger partial charge in [-0.3, -0.25) is 0 Å². The molecule has 2 atom stereocenters. The van der Waals surface area contributed by atoms with E-state index in [0.29, 0.717) is 19.0 Å². The first-order chi connectivity index (χ1) is 8.98. The predicted molar refractivity (Wildman–Crippen MR) is 74.7 cm³/mol. The van der Waals surface area contributed by atoms with Crippen LogP contribution in [0.3, 0.4) is 0 Å². The maximum absolute atomic E-state index is 12.8. The molecular formula is C13H25N3O2S. The van der Waals surface area contributed by atoms with Crippen molar-refractivity contribution in [2.24, 2.45) is 11.7 Å². The van der Waals surface area contributed by atoms with E-state index in [2.05, 4.69) is 6.92 Å². The van der Waals surface area contributed by atoms with E-state index in [4.69, 9.17) is 5.73 Å². The lowest BCUT2D eigenvalue weighted by Gasteiger charge is -2.41. The summed E-state index contributed by atoms with van der Waals surface area (Å²) in [6.45, 7) is 3.57. The van der Waals surface area contributed by atoms with E-state index in [0.717, 1.165) is 38.5 Å².